The Kier molecular flexibility index (Phi) is 2.59. The minimum Gasteiger partial charge on any atom is -0.328 e. The number of aryl methyl sites for hydroxylation is 1. The second-order valence-electron chi connectivity index (χ2n) is 4.34. The molecule has 2 heterocycles. The van der Waals surface area contributed by atoms with Crippen molar-refractivity contribution in [2.45, 2.75) is 6.67 Å². The zero-order valence-corrected chi connectivity index (χ0v) is 10.1. The molecule has 2 aromatic heterocycles. The van der Waals surface area contributed by atoms with Gasteiger partial charge in [0.2, 0.25) is 0 Å². The Balaban J connectivity index is 2.15. The molecule has 0 aliphatic rings. The molecule has 0 fully saturated rings. The van der Waals surface area contributed by atoms with Gasteiger partial charge in [-0.05, 0) is 29.3 Å². The third-order valence-corrected chi connectivity index (χ3v) is 3.19. The average molecular weight is 240 g/mol. The van der Waals surface area contributed by atoms with Crippen molar-refractivity contribution in [2.75, 3.05) is 0 Å². The first-order chi connectivity index (χ1) is 8.79. The molecule has 0 unspecified atom stereocenters. The predicted molar refractivity (Wildman–Crippen MR) is 71.0 cm³/mol. The summed E-state index contributed by atoms with van der Waals surface area (Å²) in [7, 11) is 1.99. The van der Waals surface area contributed by atoms with E-state index in [9.17, 15) is 4.39 Å². The summed E-state index contributed by atoms with van der Waals surface area (Å²) in [6, 6.07) is 13.6. The molecule has 1 aromatic carbocycles. The van der Waals surface area contributed by atoms with E-state index in [4.69, 9.17) is 0 Å². The maximum Gasteiger partial charge on any atom is 0.140 e. The number of hydrogen-bond donors (Lipinski definition) is 0. The highest BCUT2D eigenvalue weighted by molar-refractivity contribution is 5.83. The highest BCUT2D eigenvalue weighted by Gasteiger charge is 2.07. The Labute approximate surface area is 105 Å². The average Bonchev–Trinajstić information content (AvgIpc) is 2.77. The molecule has 18 heavy (non-hydrogen) atoms. The van der Waals surface area contributed by atoms with Gasteiger partial charge in [0.15, 0.2) is 0 Å². The number of fused-ring (bicyclic) bond motifs is 1. The molecule has 0 aliphatic heterocycles. The number of nitrogens with zero attached hydrogens (tertiary/aromatic N) is 2. The van der Waals surface area contributed by atoms with Crippen LogP contribution >= 0.6 is 0 Å². The van der Waals surface area contributed by atoms with E-state index >= 15 is 0 Å². The van der Waals surface area contributed by atoms with Gasteiger partial charge < -0.3 is 4.57 Å². The molecule has 0 atom stereocenters. The van der Waals surface area contributed by atoms with Crippen molar-refractivity contribution in [1.82, 2.24) is 9.55 Å². The monoisotopic (exact) mass is 240 g/mol. The maximum atomic E-state index is 12.5. The number of rotatable bonds is 2. The van der Waals surface area contributed by atoms with E-state index < -0.39 is 6.67 Å². The predicted octanol–water partition coefficient (Wildman–Crippen LogP) is 3.71. The molecular formula is C15H13FN2. The SMILES string of the molecule is Cn1c(-c2ccc(CF)cc2)cc2cccnc21. The molecule has 90 valence electrons. The standard InChI is InChI=1S/C15H13FN2/c1-18-14(9-13-3-2-8-17-15(13)18)12-6-4-11(10-16)5-7-12/h2-9H,10H2,1H3. The molecule has 0 saturated carbocycles. The van der Waals surface area contributed by atoms with E-state index in [0.29, 0.717) is 5.56 Å². The second-order valence-corrected chi connectivity index (χ2v) is 4.34. The normalized spacial score (nSPS) is 11.0. The Hall–Kier alpha value is -2.16. The van der Waals surface area contributed by atoms with E-state index in [0.717, 1.165) is 22.3 Å². The quantitative estimate of drug-likeness (QED) is 0.667. The number of aromatic nitrogens is 2. The lowest BCUT2D eigenvalue weighted by atomic mass is 10.1. The lowest BCUT2D eigenvalue weighted by molar-refractivity contribution is 0.485. The highest BCUT2D eigenvalue weighted by Crippen LogP contribution is 2.26. The van der Waals surface area contributed by atoms with E-state index in [2.05, 4.69) is 15.6 Å². The summed E-state index contributed by atoms with van der Waals surface area (Å²) in [5.41, 5.74) is 3.83. The maximum absolute atomic E-state index is 12.5. The van der Waals surface area contributed by atoms with Crippen LogP contribution in [-0.4, -0.2) is 9.55 Å². The van der Waals surface area contributed by atoms with Gasteiger partial charge in [0.1, 0.15) is 12.3 Å². The molecule has 3 aromatic rings. The van der Waals surface area contributed by atoms with E-state index in [-0.39, 0.29) is 0 Å². The summed E-state index contributed by atoms with van der Waals surface area (Å²) in [6.07, 6.45) is 1.79. The van der Waals surface area contributed by atoms with E-state index in [1.807, 2.05) is 43.4 Å². The molecular weight excluding hydrogens is 227 g/mol. The molecule has 3 heteroatoms. The van der Waals surface area contributed by atoms with Crippen molar-refractivity contribution in [3.63, 3.8) is 0 Å². The van der Waals surface area contributed by atoms with Crippen LogP contribution in [0.1, 0.15) is 5.56 Å². The molecule has 0 N–H and O–H groups in total. The van der Waals surface area contributed by atoms with Gasteiger partial charge in [0, 0.05) is 18.6 Å². The Morgan fingerprint density at radius 3 is 2.61 bits per heavy atom. The zero-order chi connectivity index (χ0) is 12.5. The van der Waals surface area contributed by atoms with Crippen molar-refractivity contribution in [2.24, 2.45) is 7.05 Å². The van der Waals surface area contributed by atoms with Crippen molar-refractivity contribution in [3.05, 3.63) is 54.2 Å². The third-order valence-electron chi connectivity index (χ3n) is 3.19. The van der Waals surface area contributed by atoms with Crippen LogP contribution in [0, 0.1) is 0 Å². The first-order valence-corrected chi connectivity index (χ1v) is 5.85. The van der Waals surface area contributed by atoms with Crippen LogP contribution in [0.2, 0.25) is 0 Å². The number of halogens is 1. The van der Waals surface area contributed by atoms with Gasteiger partial charge >= 0.3 is 0 Å². The fourth-order valence-electron chi connectivity index (χ4n) is 2.20. The van der Waals surface area contributed by atoms with Gasteiger partial charge in [-0.3, -0.25) is 0 Å². The highest BCUT2D eigenvalue weighted by atomic mass is 19.1. The third kappa shape index (κ3) is 1.68. The largest absolute Gasteiger partial charge is 0.328 e. The summed E-state index contributed by atoms with van der Waals surface area (Å²) in [5, 5.41) is 1.12. The van der Waals surface area contributed by atoms with Gasteiger partial charge in [-0.25, -0.2) is 9.37 Å². The summed E-state index contributed by atoms with van der Waals surface area (Å²) < 4.78 is 14.5. The molecule has 0 aliphatic carbocycles. The lowest BCUT2D eigenvalue weighted by Crippen LogP contribution is -1.92. The molecule has 0 amide bonds. The van der Waals surface area contributed by atoms with E-state index in [1.54, 1.807) is 6.20 Å². The Morgan fingerprint density at radius 1 is 1.17 bits per heavy atom. The molecule has 2 nitrogen and oxygen atoms in total. The Morgan fingerprint density at radius 2 is 1.94 bits per heavy atom. The summed E-state index contributed by atoms with van der Waals surface area (Å²) in [4.78, 5) is 4.36. The van der Waals surface area contributed by atoms with Crippen LogP contribution in [-0.2, 0) is 13.7 Å². The van der Waals surface area contributed by atoms with Gasteiger partial charge in [-0.1, -0.05) is 24.3 Å². The van der Waals surface area contributed by atoms with Crippen LogP contribution in [0.5, 0.6) is 0 Å². The van der Waals surface area contributed by atoms with Gasteiger partial charge in [-0.2, -0.15) is 0 Å². The fraction of sp³-hybridized carbons (Fsp3) is 0.133. The minimum absolute atomic E-state index is 0.420. The van der Waals surface area contributed by atoms with E-state index in [1.165, 1.54) is 0 Å². The fourth-order valence-corrected chi connectivity index (χ4v) is 2.20. The number of benzene rings is 1. The van der Waals surface area contributed by atoms with Crippen LogP contribution < -0.4 is 0 Å². The molecule has 3 rings (SSSR count). The first-order valence-electron chi connectivity index (χ1n) is 5.85. The smallest absolute Gasteiger partial charge is 0.140 e. The summed E-state index contributed by atoms with van der Waals surface area (Å²) in [5.74, 6) is 0. The van der Waals surface area contributed by atoms with Crippen LogP contribution in [0.25, 0.3) is 22.3 Å². The van der Waals surface area contributed by atoms with Crippen LogP contribution in [0.3, 0.4) is 0 Å². The van der Waals surface area contributed by atoms with Crippen LogP contribution in [0.4, 0.5) is 4.39 Å². The topological polar surface area (TPSA) is 17.8 Å². The van der Waals surface area contributed by atoms with Crippen LogP contribution in [0.15, 0.2) is 48.7 Å². The molecule has 0 bridgehead atoms. The first kappa shape index (κ1) is 11.0. The van der Waals surface area contributed by atoms with Gasteiger partial charge in [0.05, 0.1) is 5.69 Å². The van der Waals surface area contributed by atoms with Crippen molar-refractivity contribution in [3.8, 4) is 11.3 Å². The second kappa shape index (κ2) is 4.26. The summed E-state index contributed by atoms with van der Waals surface area (Å²) in [6.45, 7) is -0.420. The number of hydrogen-bond acceptors (Lipinski definition) is 1. The zero-order valence-electron chi connectivity index (χ0n) is 10.1. The van der Waals surface area contributed by atoms with Crippen molar-refractivity contribution < 1.29 is 4.39 Å². The molecule has 0 spiro atoms. The Bertz CT molecular complexity index is 683. The summed E-state index contributed by atoms with van der Waals surface area (Å²) >= 11 is 0. The number of pyridine rings is 1. The molecule has 0 saturated heterocycles. The van der Waals surface area contributed by atoms with Crippen molar-refractivity contribution >= 4 is 11.0 Å². The van der Waals surface area contributed by atoms with Gasteiger partial charge in [0.25, 0.3) is 0 Å². The van der Waals surface area contributed by atoms with Crippen molar-refractivity contribution in [1.29, 1.82) is 0 Å². The lowest BCUT2D eigenvalue weighted by Gasteiger charge is -2.04. The molecule has 0 radical (unpaired) electrons. The number of alkyl halides is 1. The van der Waals surface area contributed by atoms with Gasteiger partial charge in [-0.15, -0.1) is 0 Å². The minimum atomic E-state index is -0.420.